The van der Waals surface area contributed by atoms with Gasteiger partial charge in [-0.1, -0.05) is 138 Å². The minimum absolute atomic E-state index is 0.345. The van der Waals surface area contributed by atoms with Gasteiger partial charge in [0.15, 0.2) is 0 Å². The SMILES string of the molecule is O=C(O)CCCCCCCCCCCCCCCCCCCCCCCBr. The van der Waals surface area contributed by atoms with Crippen molar-refractivity contribution in [3.8, 4) is 0 Å². The average Bonchev–Trinajstić information content (AvgIpc) is 2.65. The topological polar surface area (TPSA) is 37.3 Å². The molecule has 0 amide bonds. The number of aliphatic carboxylic acids is 1. The van der Waals surface area contributed by atoms with Gasteiger partial charge in [0, 0.05) is 11.8 Å². The Kier molecular flexibility index (Phi) is 23.9. The van der Waals surface area contributed by atoms with Crippen LogP contribution in [0.4, 0.5) is 0 Å². The molecule has 0 heterocycles. The highest BCUT2D eigenvalue weighted by Gasteiger charge is 1.97. The van der Waals surface area contributed by atoms with E-state index in [9.17, 15) is 4.79 Å². The molecule has 27 heavy (non-hydrogen) atoms. The van der Waals surface area contributed by atoms with Crippen molar-refractivity contribution in [3.63, 3.8) is 0 Å². The number of unbranched alkanes of at least 4 members (excludes halogenated alkanes) is 20. The number of carboxylic acids is 1. The summed E-state index contributed by atoms with van der Waals surface area (Å²) >= 11 is 3.50. The Hall–Kier alpha value is -0.0500. The van der Waals surface area contributed by atoms with Gasteiger partial charge in [0.05, 0.1) is 0 Å². The van der Waals surface area contributed by atoms with E-state index in [2.05, 4.69) is 15.9 Å². The van der Waals surface area contributed by atoms with Crippen molar-refractivity contribution in [3.05, 3.63) is 0 Å². The highest BCUT2D eigenvalue weighted by Crippen LogP contribution is 2.15. The third-order valence-electron chi connectivity index (χ3n) is 5.52. The maximum absolute atomic E-state index is 10.4. The van der Waals surface area contributed by atoms with Gasteiger partial charge < -0.3 is 5.11 Å². The molecule has 0 unspecified atom stereocenters. The van der Waals surface area contributed by atoms with E-state index < -0.39 is 5.97 Å². The zero-order valence-electron chi connectivity index (χ0n) is 18.0. The van der Waals surface area contributed by atoms with Crippen LogP contribution in [0.1, 0.15) is 141 Å². The molecule has 0 aliphatic rings. The van der Waals surface area contributed by atoms with Crippen molar-refractivity contribution >= 4 is 21.9 Å². The molecule has 162 valence electrons. The van der Waals surface area contributed by atoms with Gasteiger partial charge in [-0.2, -0.15) is 0 Å². The summed E-state index contributed by atoms with van der Waals surface area (Å²) in [7, 11) is 0. The maximum atomic E-state index is 10.4. The minimum Gasteiger partial charge on any atom is -0.481 e. The van der Waals surface area contributed by atoms with E-state index in [4.69, 9.17) is 5.11 Å². The maximum Gasteiger partial charge on any atom is 0.303 e. The molecule has 0 aliphatic heterocycles. The zero-order chi connectivity index (χ0) is 19.8. The molecular weight excluding hydrogens is 400 g/mol. The molecule has 0 atom stereocenters. The fourth-order valence-electron chi connectivity index (χ4n) is 3.73. The molecule has 1 N–H and O–H groups in total. The second kappa shape index (κ2) is 24.0. The van der Waals surface area contributed by atoms with E-state index >= 15 is 0 Å². The molecule has 0 aromatic heterocycles. The summed E-state index contributed by atoms with van der Waals surface area (Å²) in [5.41, 5.74) is 0. The number of carbonyl (C=O) groups is 1. The monoisotopic (exact) mass is 446 g/mol. The van der Waals surface area contributed by atoms with Crippen LogP contribution in [0.2, 0.25) is 0 Å². The first-order valence-corrected chi connectivity index (χ1v) is 13.2. The number of hydrogen-bond donors (Lipinski definition) is 1. The molecule has 0 spiro atoms. The van der Waals surface area contributed by atoms with Crippen LogP contribution in [-0.2, 0) is 4.79 Å². The van der Waals surface area contributed by atoms with Crippen LogP contribution in [0, 0.1) is 0 Å². The first kappa shape index (κ1) is 27.0. The molecule has 0 saturated heterocycles. The van der Waals surface area contributed by atoms with E-state index in [-0.39, 0.29) is 0 Å². The lowest BCUT2D eigenvalue weighted by atomic mass is 10.0. The first-order valence-electron chi connectivity index (χ1n) is 12.0. The van der Waals surface area contributed by atoms with Gasteiger partial charge in [-0.25, -0.2) is 0 Å². The normalized spacial score (nSPS) is 11.1. The van der Waals surface area contributed by atoms with Crippen molar-refractivity contribution in [2.75, 3.05) is 5.33 Å². The lowest BCUT2D eigenvalue weighted by Crippen LogP contribution is -1.93. The Bertz CT molecular complexity index is 294. The second-order valence-corrected chi connectivity index (χ2v) is 9.05. The van der Waals surface area contributed by atoms with Crippen molar-refractivity contribution in [2.45, 2.75) is 141 Å². The van der Waals surface area contributed by atoms with Crippen molar-refractivity contribution in [1.29, 1.82) is 0 Å². The molecule has 2 nitrogen and oxygen atoms in total. The summed E-state index contributed by atoms with van der Waals surface area (Å²) in [4.78, 5) is 10.4. The van der Waals surface area contributed by atoms with Crippen LogP contribution in [0.3, 0.4) is 0 Å². The molecule has 0 saturated carbocycles. The van der Waals surface area contributed by atoms with Gasteiger partial charge in [0.25, 0.3) is 0 Å². The van der Waals surface area contributed by atoms with Gasteiger partial charge in [-0.05, 0) is 12.8 Å². The van der Waals surface area contributed by atoms with Gasteiger partial charge in [0.1, 0.15) is 0 Å². The quantitative estimate of drug-likeness (QED) is 0.125. The van der Waals surface area contributed by atoms with E-state index in [0.29, 0.717) is 6.42 Å². The Morgan fingerprint density at radius 1 is 0.444 bits per heavy atom. The summed E-state index contributed by atoms with van der Waals surface area (Å²) in [6, 6.07) is 0. The third kappa shape index (κ3) is 25.9. The molecule has 0 bridgehead atoms. The van der Waals surface area contributed by atoms with Crippen LogP contribution in [0.15, 0.2) is 0 Å². The summed E-state index contributed by atoms with van der Waals surface area (Å²) in [5, 5.41) is 9.75. The number of carboxylic acid groups (broad SMARTS) is 1. The molecule has 0 aromatic rings. The molecule has 0 radical (unpaired) electrons. The van der Waals surface area contributed by atoms with E-state index in [1.54, 1.807) is 0 Å². The third-order valence-corrected chi connectivity index (χ3v) is 6.09. The molecule has 0 rings (SSSR count). The Labute approximate surface area is 178 Å². The predicted octanol–water partition coefficient (Wildman–Crippen LogP) is 9.05. The summed E-state index contributed by atoms with van der Waals surface area (Å²) in [6.07, 6.45) is 28.9. The zero-order valence-corrected chi connectivity index (χ0v) is 19.6. The second-order valence-electron chi connectivity index (χ2n) is 8.26. The standard InChI is InChI=1S/C24H47BrO2/c25-23-21-19-17-15-13-11-9-7-5-3-1-2-4-6-8-10-12-14-16-18-20-22-24(26)27/h1-23H2,(H,26,27). The number of rotatable bonds is 23. The summed E-state index contributed by atoms with van der Waals surface area (Å²) < 4.78 is 0. The fourth-order valence-corrected chi connectivity index (χ4v) is 4.13. The van der Waals surface area contributed by atoms with Gasteiger partial charge >= 0.3 is 5.97 Å². The van der Waals surface area contributed by atoms with Crippen LogP contribution >= 0.6 is 15.9 Å². The Balaban J connectivity index is 2.98. The van der Waals surface area contributed by atoms with Crippen LogP contribution in [0.25, 0.3) is 0 Å². The largest absolute Gasteiger partial charge is 0.481 e. The van der Waals surface area contributed by atoms with E-state index in [1.807, 2.05) is 0 Å². The lowest BCUT2D eigenvalue weighted by molar-refractivity contribution is -0.137. The molecule has 3 heteroatoms. The van der Waals surface area contributed by atoms with Crippen LogP contribution < -0.4 is 0 Å². The minimum atomic E-state index is -0.651. The van der Waals surface area contributed by atoms with Gasteiger partial charge in [0.2, 0.25) is 0 Å². The van der Waals surface area contributed by atoms with E-state index in [0.717, 1.165) is 12.8 Å². The van der Waals surface area contributed by atoms with Crippen molar-refractivity contribution in [1.82, 2.24) is 0 Å². The molecular formula is C24H47BrO2. The number of alkyl halides is 1. The Morgan fingerprint density at radius 3 is 0.889 bits per heavy atom. The molecule has 0 aromatic carbocycles. The number of halogens is 1. The first-order chi connectivity index (χ1) is 13.3. The van der Waals surface area contributed by atoms with Gasteiger partial charge in [-0.15, -0.1) is 0 Å². The van der Waals surface area contributed by atoms with Crippen molar-refractivity contribution in [2.24, 2.45) is 0 Å². The van der Waals surface area contributed by atoms with Crippen LogP contribution in [-0.4, -0.2) is 16.4 Å². The summed E-state index contributed by atoms with van der Waals surface area (Å²) in [6.45, 7) is 0. The predicted molar refractivity (Wildman–Crippen MR) is 123 cm³/mol. The smallest absolute Gasteiger partial charge is 0.303 e. The van der Waals surface area contributed by atoms with Crippen LogP contribution in [0.5, 0.6) is 0 Å². The Morgan fingerprint density at radius 2 is 0.667 bits per heavy atom. The molecule has 0 fully saturated rings. The number of hydrogen-bond acceptors (Lipinski definition) is 1. The summed E-state index contributed by atoms with van der Waals surface area (Å²) in [5.74, 6) is -0.651. The lowest BCUT2D eigenvalue weighted by Gasteiger charge is -2.04. The van der Waals surface area contributed by atoms with Gasteiger partial charge in [-0.3, -0.25) is 4.79 Å². The fraction of sp³-hybridized carbons (Fsp3) is 0.958. The molecule has 0 aliphatic carbocycles. The van der Waals surface area contributed by atoms with Crippen molar-refractivity contribution < 1.29 is 9.90 Å². The van der Waals surface area contributed by atoms with E-state index in [1.165, 1.54) is 127 Å². The highest BCUT2D eigenvalue weighted by atomic mass is 79.9. The average molecular weight is 448 g/mol. The highest BCUT2D eigenvalue weighted by molar-refractivity contribution is 9.09.